The van der Waals surface area contributed by atoms with E-state index in [1.165, 1.54) is 15.0 Å². The van der Waals surface area contributed by atoms with Crippen LogP contribution in [0.1, 0.15) is 45.0 Å². The van der Waals surface area contributed by atoms with Gasteiger partial charge in [0.2, 0.25) is 0 Å². The van der Waals surface area contributed by atoms with Gasteiger partial charge in [0.15, 0.2) is 0 Å². The maximum atomic E-state index is 9.26. The van der Waals surface area contributed by atoms with Crippen LogP contribution in [0.4, 0.5) is 0 Å². The molecule has 0 saturated heterocycles. The first-order chi connectivity index (χ1) is 9.41. The van der Waals surface area contributed by atoms with Gasteiger partial charge < -0.3 is 10.4 Å². The molecule has 0 spiro atoms. The highest BCUT2D eigenvalue weighted by atomic mass is 32.1. The Hall–Kier alpha value is -0.900. The predicted octanol–water partition coefficient (Wildman–Crippen LogP) is 4.35. The van der Waals surface area contributed by atoms with Crippen LogP contribution >= 0.6 is 11.3 Å². The Balaban J connectivity index is 2.15. The van der Waals surface area contributed by atoms with Gasteiger partial charge in [-0.3, -0.25) is 0 Å². The third-order valence-electron chi connectivity index (χ3n) is 3.79. The van der Waals surface area contributed by atoms with E-state index >= 15 is 0 Å². The monoisotopic (exact) mass is 291 g/mol. The Bertz CT molecular complexity index is 522. The smallest absolute Gasteiger partial charge is 0.0446 e. The number of hydrogen-bond donors (Lipinski definition) is 2. The molecule has 0 saturated carbocycles. The molecule has 0 radical (unpaired) electrons. The van der Waals surface area contributed by atoms with Gasteiger partial charge in [-0.15, -0.1) is 11.3 Å². The number of aliphatic hydroxyl groups excluding tert-OH is 1. The summed E-state index contributed by atoms with van der Waals surface area (Å²) in [4.78, 5) is 1.36. The van der Waals surface area contributed by atoms with Crippen molar-refractivity contribution < 1.29 is 5.11 Å². The van der Waals surface area contributed by atoms with E-state index < -0.39 is 0 Å². The molecule has 0 bridgehead atoms. The Morgan fingerprint density at radius 3 is 2.55 bits per heavy atom. The van der Waals surface area contributed by atoms with E-state index in [9.17, 15) is 5.11 Å². The van der Waals surface area contributed by atoms with Crippen molar-refractivity contribution in [3.05, 3.63) is 35.2 Å². The maximum absolute atomic E-state index is 9.26. The molecule has 2 rings (SSSR count). The summed E-state index contributed by atoms with van der Waals surface area (Å²) in [7, 11) is 0. The lowest BCUT2D eigenvalue weighted by Crippen LogP contribution is -2.42. The fourth-order valence-electron chi connectivity index (χ4n) is 2.50. The Kier molecular flexibility index (Phi) is 4.84. The van der Waals surface area contributed by atoms with Gasteiger partial charge in [0.1, 0.15) is 0 Å². The van der Waals surface area contributed by atoms with Crippen molar-refractivity contribution in [3.8, 4) is 0 Å². The van der Waals surface area contributed by atoms with Crippen molar-refractivity contribution in [1.29, 1.82) is 0 Å². The average Bonchev–Trinajstić information content (AvgIpc) is 2.80. The molecule has 3 heteroatoms. The summed E-state index contributed by atoms with van der Waals surface area (Å²) in [5, 5.41) is 14.3. The lowest BCUT2D eigenvalue weighted by Gasteiger charge is -2.33. The number of benzene rings is 1. The van der Waals surface area contributed by atoms with Crippen LogP contribution in [0, 0.1) is 5.41 Å². The van der Waals surface area contributed by atoms with Gasteiger partial charge in [-0.1, -0.05) is 39.0 Å². The van der Waals surface area contributed by atoms with Gasteiger partial charge in [0.05, 0.1) is 0 Å². The molecule has 20 heavy (non-hydrogen) atoms. The molecule has 0 amide bonds. The summed E-state index contributed by atoms with van der Waals surface area (Å²) < 4.78 is 1.34. The lowest BCUT2D eigenvalue weighted by atomic mass is 9.84. The molecule has 2 N–H and O–H groups in total. The topological polar surface area (TPSA) is 32.3 Å². The van der Waals surface area contributed by atoms with E-state index in [0.29, 0.717) is 12.1 Å². The highest BCUT2D eigenvalue weighted by Gasteiger charge is 2.26. The molecule has 110 valence electrons. The van der Waals surface area contributed by atoms with Crippen molar-refractivity contribution in [2.24, 2.45) is 5.41 Å². The third-order valence-corrected chi connectivity index (χ3v) is 5.08. The molecule has 0 aliphatic rings. The third kappa shape index (κ3) is 3.60. The second-order valence-corrected chi connectivity index (χ2v) is 7.62. The van der Waals surface area contributed by atoms with Crippen LogP contribution in [0.5, 0.6) is 0 Å². The molecule has 2 aromatic rings. The first kappa shape index (κ1) is 15.5. The van der Waals surface area contributed by atoms with Crippen LogP contribution in [0.15, 0.2) is 30.3 Å². The number of fused-ring (bicyclic) bond motifs is 1. The molecule has 1 heterocycles. The fourth-order valence-corrected chi connectivity index (χ4v) is 3.57. The number of rotatable bonds is 5. The zero-order chi connectivity index (χ0) is 14.8. The molecule has 2 nitrogen and oxygen atoms in total. The van der Waals surface area contributed by atoms with E-state index in [0.717, 1.165) is 6.42 Å². The largest absolute Gasteiger partial charge is 0.396 e. The Morgan fingerprint density at radius 2 is 1.95 bits per heavy atom. The van der Waals surface area contributed by atoms with Crippen LogP contribution in [-0.2, 0) is 0 Å². The quantitative estimate of drug-likeness (QED) is 0.858. The molecule has 0 fully saturated rings. The second kappa shape index (κ2) is 6.25. The van der Waals surface area contributed by atoms with E-state index in [2.05, 4.69) is 63.3 Å². The van der Waals surface area contributed by atoms with E-state index in [-0.39, 0.29) is 12.0 Å². The van der Waals surface area contributed by atoms with Crippen LogP contribution < -0.4 is 5.32 Å². The summed E-state index contributed by atoms with van der Waals surface area (Å²) in [6, 6.07) is 11.4. The van der Waals surface area contributed by atoms with Gasteiger partial charge in [0.25, 0.3) is 0 Å². The van der Waals surface area contributed by atoms with Gasteiger partial charge >= 0.3 is 0 Å². The van der Waals surface area contributed by atoms with Gasteiger partial charge in [-0.05, 0) is 36.3 Å². The number of nitrogens with one attached hydrogen (secondary N) is 1. The van der Waals surface area contributed by atoms with Crippen LogP contribution in [0.3, 0.4) is 0 Å². The molecule has 0 aliphatic carbocycles. The zero-order valence-corrected chi connectivity index (χ0v) is 13.6. The lowest BCUT2D eigenvalue weighted by molar-refractivity contribution is 0.188. The first-order valence-corrected chi connectivity index (χ1v) is 8.09. The minimum absolute atomic E-state index is 0.147. The van der Waals surface area contributed by atoms with Crippen molar-refractivity contribution >= 4 is 21.4 Å². The van der Waals surface area contributed by atoms with Crippen LogP contribution in [0.2, 0.25) is 0 Å². The SMILES string of the molecule is CC(NC(CCO)C(C)(C)C)c1cc2ccccc2s1. The maximum Gasteiger partial charge on any atom is 0.0446 e. The summed E-state index contributed by atoms with van der Waals surface area (Å²) >= 11 is 1.85. The number of hydrogen-bond acceptors (Lipinski definition) is 3. The molecule has 0 aliphatic heterocycles. The highest BCUT2D eigenvalue weighted by Crippen LogP contribution is 2.31. The predicted molar refractivity (Wildman–Crippen MR) is 88.3 cm³/mol. The van der Waals surface area contributed by atoms with Crippen molar-refractivity contribution in [3.63, 3.8) is 0 Å². The van der Waals surface area contributed by atoms with Crippen molar-refractivity contribution in [1.82, 2.24) is 5.32 Å². The van der Waals surface area contributed by atoms with Crippen LogP contribution in [-0.4, -0.2) is 17.8 Å². The van der Waals surface area contributed by atoms with Gasteiger partial charge in [-0.2, -0.15) is 0 Å². The Labute approximate surface area is 125 Å². The molecule has 2 unspecified atom stereocenters. The fraction of sp³-hybridized carbons (Fsp3) is 0.529. The summed E-state index contributed by atoms with van der Waals surface area (Å²) in [5.74, 6) is 0. The summed E-state index contributed by atoms with van der Waals surface area (Å²) in [5.41, 5.74) is 0.147. The molecule has 1 aromatic carbocycles. The molecule has 2 atom stereocenters. The molecular formula is C17H25NOS. The molecular weight excluding hydrogens is 266 g/mol. The standard InChI is InChI=1S/C17H25NOS/c1-12(18-16(9-10-19)17(2,3)4)15-11-13-7-5-6-8-14(13)20-15/h5-8,11-12,16,18-19H,9-10H2,1-4H3. The summed E-state index contributed by atoms with van der Waals surface area (Å²) in [6.45, 7) is 9.10. The van der Waals surface area contributed by atoms with E-state index in [1.54, 1.807) is 0 Å². The number of aliphatic hydroxyl groups is 1. The number of thiophene rings is 1. The van der Waals surface area contributed by atoms with Crippen LogP contribution in [0.25, 0.3) is 10.1 Å². The minimum atomic E-state index is 0.147. The average molecular weight is 291 g/mol. The molecule has 1 aromatic heterocycles. The minimum Gasteiger partial charge on any atom is -0.396 e. The zero-order valence-electron chi connectivity index (χ0n) is 12.8. The first-order valence-electron chi connectivity index (χ1n) is 7.27. The van der Waals surface area contributed by atoms with Gasteiger partial charge in [0, 0.05) is 28.3 Å². The Morgan fingerprint density at radius 1 is 1.25 bits per heavy atom. The van der Waals surface area contributed by atoms with E-state index in [1.807, 2.05) is 11.3 Å². The summed E-state index contributed by atoms with van der Waals surface area (Å²) in [6.07, 6.45) is 0.790. The van der Waals surface area contributed by atoms with E-state index in [4.69, 9.17) is 0 Å². The second-order valence-electron chi connectivity index (χ2n) is 6.51. The van der Waals surface area contributed by atoms with Gasteiger partial charge in [-0.25, -0.2) is 0 Å². The van der Waals surface area contributed by atoms with Crippen molar-refractivity contribution in [2.75, 3.05) is 6.61 Å². The van der Waals surface area contributed by atoms with Crippen molar-refractivity contribution in [2.45, 2.75) is 46.2 Å². The normalized spacial score (nSPS) is 15.4. The highest BCUT2D eigenvalue weighted by molar-refractivity contribution is 7.19.